The van der Waals surface area contributed by atoms with Crippen LogP contribution in [0, 0.1) is 0 Å². The Kier molecular flexibility index (Phi) is 10.3. The van der Waals surface area contributed by atoms with Gasteiger partial charge in [-0.1, -0.05) is 211 Å². The second kappa shape index (κ2) is 16.8. The van der Waals surface area contributed by atoms with Crippen molar-refractivity contribution in [2.24, 2.45) is 0 Å². The lowest BCUT2D eigenvalue weighted by molar-refractivity contribution is 0.590. The Morgan fingerprint density at radius 1 is 0.257 bits per heavy atom. The highest BCUT2D eigenvalue weighted by Gasteiger charge is 2.27. The zero-order valence-electron chi connectivity index (χ0n) is 40.8. The molecular weight excluding hydrogens is 845 g/mol. The molecule has 0 aromatic heterocycles. The van der Waals surface area contributed by atoms with E-state index < -0.39 is 0 Å². The maximum absolute atomic E-state index is 2.48. The SMILES string of the molecule is CC(C)(C)c1ccc(N(c2ccccc2)c2cc(-c3cccc4ccccc34)c3ccc4c(N(c5ccccc5)c5ccc(C(C)(C)C)cc5)cc(-c5cccc6ccccc56)c5ccc2c3c54)cc1. The van der Waals surface area contributed by atoms with Crippen molar-refractivity contribution in [3.05, 3.63) is 242 Å². The smallest absolute Gasteiger partial charge is 0.0546 e. The molecule has 0 heterocycles. The van der Waals surface area contributed by atoms with Gasteiger partial charge in [0.15, 0.2) is 0 Å². The van der Waals surface area contributed by atoms with Gasteiger partial charge < -0.3 is 9.80 Å². The van der Waals surface area contributed by atoms with E-state index in [0.717, 1.165) is 34.1 Å². The van der Waals surface area contributed by atoms with Crippen LogP contribution in [0.5, 0.6) is 0 Å². The highest BCUT2D eigenvalue weighted by atomic mass is 15.1. The first-order chi connectivity index (χ1) is 34.0. The van der Waals surface area contributed by atoms with Crippen LogP contribution < -0.4 is 9.80 Å². The van der Waals surface area contributed by atoms with E-state index in [-0.39, 0.29) is 10.8 Å². The summed E-state index contributed by atoms with van der Waals surface area (Å²) in [5.41, 5.74) is 14.2. The summed E-state index contributed by atoms with van der Waals surface area (Å²) in [5.74, 6) is 0. The number of anilines is 6. The van der Waals surface area contributed by atoms with Gasteiger partial charge in [-0.2, -0.15) is 0 Å². The Hall–Kier alpha value is -8.20. The molecule has 0 bridgehead atoms. The molecule has 338 valence electrons. The summed E-state index contributed by atoms with van der Waals surface area (Å²) >= 11 is 0. The van der Waals surface area contributed by atoms with E-state index in [2.05, 4.69) is 282 Å². The van der Waals surface area contributed by atoms with Crippen molar-refractivity contribution in [1.29, 1.82) is 0 Å². The summed E-state index contributed by atoms with van der Waals surface area (Å²) in [7, 11) is 0. The van der Waals surface area contributed by atoms with Crippen LogP contribution in [-0.4, -0.2) is 0 Å². The number of hydrogen-bond acceptors (Lipinski definition) is 2. The van der Waals surface area contributed by atoms with Crippen LogP contribution in [-0.2, 0) is 10.8 Å². The van der Waals surface area contributed by atoms with Gasteiger partial charge in [0, 0.05) is 44.3 Å². The van der Waals surface area contributed by atoms with Gasteiger partial charge in [-0.25, -0.2) is 0 Å². The van der Waals surface area contributed by atoms with E-state index in [9.17, 15) is 0 Å². The zero-order valence-corrected chi connectivity index (χ0v) is 40.8. The number of fused-ring (bicyclic) bond motifs is 2. The standard InChI is InChI=1S/C68H56N2/c1-67(2,3)47-31-35-51(36-32-47)69(49-23-9-7-10-24-49)63-43-61(55-29-17-21-45-19-13-15-27-53(45)55)57-40-42-60-64(70(50-25-11-8-12-26-50)52-37-33-48(34-38-52)68(4,5)6)44-62(58-39-41-59(63)65(57)66(58)60)56-30-18-22-46-20-14-16-28-54(46)56/h7-44H,1-6H3. The van der Waals surface area contributed by atoms with Crippen LogP contribution in [0.3, 0.4) is 0 Å². The largest absolute Gasteiger partial charge is 0.310 e. The molecule has 0 saturated carbocycles. The molecule has 70 heavy (non-hydrogen) atoms. The molecule has 2 heteroatoms. The van der Waals surface area contributed by atoms with Crippen molar-refractivity contribution in [3.63, 3.8) is 0 Å². The van der Waals surface area contributed by atoms with E-state index in [0.29, 0.717) is 0 Å². The topological polar surface area (TPSA) is 6.48 Å². The summed E-state index contributed by atoms with van der Waals surface area (Å²) < 4.78 is 0. The zero-order chi connectivity index (χ0) is 47.7. The summed E-state index contributed by atoms with van der Waals surface area (Å²) in [6.45, 7) is 13.7. The fraction of sp³-hybridized carbons (Fsp3) is 0.118. The first-order valence-electron chi connectivity index (χ1n) is 24.7. The molecule has 0 unspecified atom stereocenters. The number of hydrogen-bond donors (Lipinski definition) is 0. The molecule has 0 aliphatic heterocycles. The van der Waals surface area contributed by atoms with Gasteiger partial charge in [0.1, 0.15) is 0 Å². The molecule has 12 aromatic carbocycles. The molecule has 0 aliphatic carbocycles. The van der Waals surface area contributed by atoms with E-state index >= 15 is 0 Å². The van der Waals surface area contributed by atoms with Crippen LogP contribution in [0.15, 0.2) is 231 Å². The quantitative estimate of drug-likeness (QED) is 0.140. The lowest BCUT2D eigenvalue weighted by atomic mass is 9.83. The Balaban J connectivity index is 1.26. The van der Waals surface area contributed by atoms with Gasteiger partial charge in [0.2, 0.25) is 0 Å². The molecule has 2 nitrogen and oxygen atoms in total. The molecule has 0 N–H and O–H groups in total. The van der Waals surface area contributed by atoms with Crippen molar-refractivity contribution in [2.75, 3.05) is 9.80 Å². The van der Waals surface area contributed by atoms with Gasteiger partial charge in [-0.15, -0.1) is 0 Å². The number of benzene rings is 12. The highest BCUT2D eigenvalue weighted by molar-refractivity contribution is 6.33. The fourth-order valence-electron chi connectivity index (χ4n) is 10.9. The van der Waals surface area contributed by atoms with Gasteiger partial charge in [-0.05, 0) is 137 Å². The van der Waals surface area contributed by atoms with Crippen molar-refractivity contribution in [3.8, 4) is 22.3 Å². The predicted molar refractivity (Wildman–Crippen MR) is 303 cm³/mol. The lowest BCUT2D eigenvalue weighted by Gasteiger charge is -2.31. The van der Waals surface area contributed by atoms with Crippen molar-refractivity contribution < 1.29 is 0 Å². The third-order valence-corrected chi connectivity index (χ3v) is 14.5. The molecule has 0 radical (unpaired) electrons. The number of nitrogens with zero attached hydrogens (tertiary/aromatic N) is 2. The molecule has 0 fully saturated rings. The van der Waals surface area contributed by atoms with Crippen LogP contribution in [0.1, 0.15) is 52.7 Å². The monoisotopic (exact) mass is 900 g/mol. The molecule has 0 aliphatic rings. The van der Waals surface area contributed by atoms with Crippen LogP contribution in [0.2, 0.25) is 0 Å². The normalized spacial score (nSPS) is 12.1. The molecule has 0 atom stereocenters. The third kappa shape index (κ3) is 7.34. The second-order valence-corrected chi connectivity index (χ2v) is 20.9. The van der Waals surface area contributed by atoms with E-state index in [1.807, 2.05) is 0 Å². The molecule has 12 aromatic rings. The van der Waals surface area contributed by atoms with Gasteiger partial charge in [0.05, 0.1) is 11.4 Å². The molecule has 0 spiro atoms. The predicted octanol–water partition coefficient (Wildman–Crippen LogP) is 19.8. The first kappa shape index (κ1) is 43.1. The van der Waals surface area contributed by atoms with Crippen molar-refractivity contribution in [1.82, 2.24) is 0 Å². The third-order valence-electron chi connectivity index (χ3n) is 14.5. The van der Waals surface area contributed by atoms with Crippen molar-refractivity contribution in [2.45, 2.75) is 52.4 Å². The van der Waals surface area contributed by atoms with Gasteiger partial charge >= 0.3 is 0 Å². The Bertz CT molecular complexity index is 3610. The average Bonchev–Trinajstić information content (AvgIpc) is 3.38. The van der Waals surface area contributed by atoms with Crippen LogP contribution in [0.25, 0.3) is 76.1 Å². The summed E-state index contributed by atoms with van der Waals surface area (Å²) in [4.78, 5) is 4.96. The second-order valence-electron chi connectivity index (χ2n) is 20.9. The molecule has 0 saturated heterocycles. The lowest BCUT2D eigenvalue weighted by Crippen LogP contribution is -2.14. The van der Waals surface area contributed by atoms with Crippen LogP contribution in [0.4, 0.5) is 34.1 Å². The number of para-hydroxylation sites is 2. The van der Waals surface area contributed by atoms with E-state index in [1.165, 1.54) is 87.2 Å². The van der Waals surface area contributed by atoms with Crippen molar-refractivity contribution >= 4 is 88.0 Å². The van der Waals surface area contributed by atoms with E-state index in [1.54, 1.807) is 0 Å². The maximum atomic E-state index is 2.48. The fourth-order valence-corrected chi connectivity index (χ4v) is 10.9. The Labute approximate surface area is 412 Å². The molecular formula is C68H56N2. The Morgan fingerprint density at radius 3 is 0.971 bits per heavy atom. The Morgan fingerprint density at radius 2 is 0.586 bits per heavy atom. The summed E-state index contributed by atoms with van der Waals surface area (Å²) in [5, 5.41) is 12.3. The molecule has 12 rings (SSSR count). The highest BCUT2D eigenvalue weighted by Crippen LogP contribution is 2.53. The maximum Gasteiger partial charge on any atom is 0.0546 e. The van der Waals surface area contributed by atoms with E-state index in [4.69, 9.17) is 0 Å². The minimum Gasteiger partial charge on any atom is -0.310 e. The minimum atomic E-state index is 0.0202. The van der Waals surface area contributed by atoms with Crippen LogP contribution >= 0.6 is 0 Å². The minimum absolute atomic E-state index is 0.0202. The number of rotatable bonds is 8. The summed E-state index contributed by atoms with van der Waals surface area (Å²) in [6.07, 6.45) is 0. The molecule has 0 amide bonds. The average molecular weight is 901 g/mol. The van der Waals surface area contributed by atoms with Gasteiger partial charge in [0.25, 0.3) is 0 Å². The van der Waals surface area contributed by atoms with Gasteiger partial charge in [-0.3, -0.25) is 0 Å². The summed E-state index contributed by atoms with van der Waals surface area (Å²) in [6, 6.07) is 86.0. The first-order valence-corrected chi connectivity index (χ1v) is 24.7.